The van der Waals surface area contributed by atoms with E-state index in [0.29, 0.717) is 30.4 Å². The molecule has 0 saturated heterocycles. The lowest BCUT2D eigenvalue weighted by Gasteiger charge is -2.43. The summed E-state index contributed by atoms with van der Waals surface area (Å²) in [6.45, 7) is 3.95. The minimum absolute atomic E-state index is 0.199. The predicted octanol–water partition coefficient (Wildman–Crippen LogP) is 3.89. The fourth-order valence-electron chi connectivity index (χ4n) is 3.94. The molecule has 0 aromatic heterocycles. The molecule has 0 atom stereocenters. The van der Waals surface area contributed by atoms with Gasteiger partial charge < -0.3 is 24.8 Å². The van der Waals surface area contributed by atoms with Crippen LogP contribution in [0.4, 0.5) is 0 Å². The van der Waals surface area contributed by atoms with Crippen LogP contribution in [-0.2, 0) is 12.0 Å². The van der Waals surface area contributed by atoms with Crippen molar-refractivity contribution < 1.29 is 14.2 Å². The Balaban J connectivity index is 1.64. The third-order valence-corrected chi connectivity index (χ3v) is 5.78. The molecule has 2 aromatic carbocycles. The van der Waals surface area contributed by atoms with Crippen LogP contribution in [0.3, 0.4) is 0 Å². The third-order valence-electron chi connectivity index (χ3n) is 5.78. The third kappa shape index (κ3) is 4.81. The maximum absolute atomic E-state index is 5.68. The number of methoxy groups -OCH3 is 2. The summed E-state index contributed by atoms with van der Waals surface area (Å²) in [5.74, 6) is 2.73. The van der Waals surface area contributed by atoms with Crippen LogP contribution in [0.2, 0.25) is 0 Å². The summed E-state index contributed by atoms with van der Waals surface area (Å²) in [4.78, 5) is 4.40. The van der Waals surface area contributed by atoms with Gasteiger partial charge in [-0.2, -0.15) is 0 Å². The monoisotopic (exact) mass is 411 g/mol. The summed E-state index contributed by atoms with van der Waals surface area (Å²) >= 11 is 0. The Morgan fingerprint density at radius 1 is 1.03 bits per heavy atom. The number of rotatable bonds is 9. The van der Waals surface area contributed by atoms with Crippen molar-refractivity contribution in [3.05, 3.63) is 53.6 Å². The summed E-state index contributed by atoms with van der Waals surface area (Å²) in [5, 5.41) is 6.92. The number of nitrogens with one attached hydrogen (secondary N) is 2. The Hall–Kier alpha value is -2.89. The van der Waals surface area contributed by atoms with Gasteiger partial charge in [-0.3, -0.25) is 4.99 Å². The molecule has 1 saturated carbocycles. The van der Waals surface area contributed by atoms with Crippen molar-refractivity contribution in [3.8, 4) is 17.2 Å². The first kappa shape index (κ1) is 21.8. The molecule has 0 bridgehead atoms. The van der Waals surface area contributed by atoms with Crippen molar-refractivity contribution >= 4 is 5.96 Å². The van der Waals surface area contributed by atoms with Gasteiger partial charge in [-0.15, -0.1) is 0 Å². The van der Waals surface area contributed by atoms with Crippen LogP contribution in [-0.4, -0.2) is 40.4 Å². The number of hydrogen-bond acceptors (Lipinski definition) is 4. The molecule has 1 fully saturated rings. The van der Waals surface area contributed by atoms with E-state index in [2.05, 4.69) is 46.0 Å². The number of nitrogens with zero attached hydrogens (tertiary/aromatic N) is 1. The first-order valence-electron chi connectivity index (χ1n) is 10.5. The predicted molar refractivity (Wildman–Crippen MR) is 121 cm³/mol. The van der Waals surface area contributed by atoms with Crippen molar-refractivity contribution in [2.45, 2.75) is 38.1 Å². The van der Waals surface area contributed by atoms with Crippen LogP contribution < -0.4 is 24.8 Å². The van der Waals surface area contributed by atoms with E-state index in [0.717, 1.165) is 18.1 Å². The number of hydrogen-bond donors (Lipinski definition) is 2. The maximum atomic E-state index is 5.68. The quantitative estimate of drug-likeness (QED) is 0.484. The van der Waals surface area contributed by atoms with Crippen LogP contribution in [0.5, 0.6) is 17.2 Å². The molecule has 6 heteroatoms. The molecule has 30 heavy (non-hydrogen) atoms. The Kier molecular flexibility index (Phi) is 7.44. The number of benzene rings is 2. The average Bonchev–Trinajstić information content (AvgIpc) is 2.76. The lowest BCUT2D eigenvalue weighted by atomic mass is 9.64. The van der Waals surface area contributed by atoms with Crippen molar-refractivity contribution in [1.29, 1.82) is 0 Å². The van der Waals surface area contributed by atoms with Crippen LogP contribution in [0.25, 0.3) is 0 Å². The fourth-order valence-corrected chi connectivity index (χ4v) is 3.94. The summed E-state index contributed by atoms with van der Waals surface area (Å²) in [5.41, 5.74) is 2.63. The molecule has 0 amide bonds. The SMILES string of the molecule is CCOc1c(OC)cc(CNC(=NC)NCC2(c3ccccc3)CCC2)cc1OC. The van der Waals surface area contributed by atoms with Crippen molar-refractivity contribution in [2.24, 2.45) is 4.99 Å². The fraction of sp³-hybridized carbons (Fsp3) is 0.458. The average molecular weight is 412 g/mol. The van der Waals surface area contributed by atoms with Gasteiger partial charge in [0, 0.05) is 25.6 Å². The molecular weight excluding hydrogens is 378 g/mol. The number of guanidine groups is 1. The largest absolute Gasteiger partial charge is 0.493 e. The first-order valence-corrected chi connectivity index (χ1v) is 10.5. The highest BCUT2D eigenvalue weighted by atomic mass is 16.5. The second-order valence-corrected chi connectivity index (χ2v) is 7.54. The molecule has 0 spiro atoms. The Bertz CT molecular complexity index is 823. The molecule has 0 aliphatic heterocycles. The van der Waals surface area contributed by atoms with Gasteiger partial charge in [0.1, 0.15) is 0 Å². The molecule has 2 N–H and O–H groups in total. The maximum Gasteiger partial charge on any atom is 0.203 e. The second kappa shape index (κ2) is 10.2. The number of aliphatic imine (C=N–C) groups is 1. The van der Waals surface area contributed by atoms with E-state index < -0.39 is 0 Å². The van der Waals surface area contributed by atoms with Gasteiger partial charge in [0.2, 0.25) is 5.75 Å². The van der Waals surface area contributed by atoms with E-state index >= 15 is 0 Å². The highest BCUT2D eigenvalue weighted by Crippen LogP contribution is 2.43. The minimum Gasteiger partial charge on any atom is -0.493 e. The van der Waals surface area contributed by atoms with Gasteiger partial charge in [-0.1, -0.05) is 36.8 Å². The van der Waals surface area contributed by atoms with Crippen molar-refractivity contribution in [3.63, 3.8) is 0 Å². The highest BCUT2D eigenvalue weighted by Gasteiger charge is 2.38. The summed E-state index contributed by atoms with van der Waals surface area (Å²) in [7, 11) is 5.07. The van der Waals surface area contributed by atoms with E-state index in [4.69, 9.17) is 14.2 Å². The van der Waals surface area contributed by atoms with Crippen molar-refractivity contribution in [1.82, 2.24) is 10.6 Å². The second-order valence-electron chi connectivity index (χ2n) is 7.54. The van der Waals surface area contributed by atoms with E-state index in [1.807, 2.05) is 19.1 Å². The zero-order valence-electron chi connectivity index (χ0n) is 18.5. The molecule has 1 aliphatic rings. The van der Waals surface area contributed by atoms with Gasteiger partial charge in [0.25, 0.3) is 0 Å². The van der Waals surface area contributed by atoms with Crippen molar-refractivity contribution in [2.75, 3.05) is 34.4 Å². The van der Waals surface area contributed by atoms with E-state index in [1.54, 1.807) is 21.3 Å². The molecule has 6 nitrogen and oxygen atoms in total. The summed E-state index contributed by atoms with van der Waals surface area (Å²) in [6.07, 6.45) is 3.68. The van der Waals surface area contributed by atoms with E-state index in [-0.39, 0.29) is 5.41 Å². The van der Waals surface area contributed by atoms with Crippen LogP contribution in [0, 0.1) is 0 Å². The van der Waals surface area contributed by atoms with Gasteiger partial charge >= 0.3 is 0 Å². The molecule has 0 heterocycles. The van der Waals surface area contributed by atoms with E-state index in [1.165, 1.54) is 24.8 Å². The van der Waals surface area contributed by atoms with E-state index in [9.17, 15) is 0 Å². The molecule has 1 aliphatic carbocycles. The minimum atomic E-state index is 0.199. The lowest BCUT2D eigenvalue weighted by Crippen LogP contribution is -2.48. The highest BCUT2D eigenvalue weighted by molar-refractivity contribution is 5.79. The van der Waals surface area contributed by atoms with Gasteiger partial charge in [0.15, 0.2) is 17.5 Å². The Morgan fingerprint density at radius 2 is 1.70 bits per heavy atom. The molecule has 162 valence electrons. The van der Waals surface area contributed by atoms with Gasteiger partial charge in [0.05, 0.1) is 20.8 Å². The van der Waals surface area contributed by atoms with Crippen LogP contribution >= 0.6 is 0 Å². The molecule has 3 rings (SSSR count). The lowest BCUT2D eigenvalue weighted by molar-refractivity contribution is 0.244. The molecular formula is C24H33N3O3. The Labute approximate surface area is 179 Å². The smallest absolute Gasteiger partial charge is 0.203 e. The molecule has 0 unspecified atom stereocenters. The Morgan fingerprint density at radius 3 is 2.20 bits per heavy atom. The van der Waals surface area contributed by atoms with Crippen LogP contribution in [0.1, 0.15) is 37.3 Å². The molecule has 2 aromatic rings. The molecule has 0 radical (unpaired) electrons. The van der Waals surface area contributed by atoms with Gasteiger partial charge in [-0.05, 0) is 43.0 Å². The summed E-state index contributed by atoms with van der Waals surface area (Å²) < 4.78 is 16.7. The normalized spacial score (nSPS) is 15.1. The number of ether oxygens (including phenoxy) is 3. The summed E-state index contributed by atoms with van der Waals surface area (Å²) in [6, 6.07) is 14.7. The van der Waals surface area contributed by atoms with Crippen LogP contribution in [0.15, 0.2) is 47.5 Å². The zero-order valence-corrected chi connectivity index (χ0v) is 18.5. The topological polar surface area (TPSA) is 64.1 Å². The zero-order chi connectivity index (χ0) is 21.4. The standard InChI is InChI=1S/C24H33N3O3/c1-5-30-22-20(28-3)14-18(15-21(22)29-4)16-26-23(25-2)27-17-24(12-9-13-24)19-10-7-6-8-11-19/h6-8,10-11,14-15H,5,9,12-13,16-17H2,1-4H3,(H2,25,26,27). The van der Waals surface area contributed by atoms with Gasteiger partial charge in [-0.25, -0.2) is 0 Å². The first-order chi connectivity index (χ1) is 14.7.